The summed E-state index contributed by atoms with van der Waals surface area (Å²) in [6, 6.07) is 2.28. The van der Waals surface area contributed by atoms with Gasteiger partial charge in [-0.3, -0.25) is 4.79 Å². The molecule has 1 aliphatic heterocycles. The third-order valence-corrected chi connectivity index (χ3v) is 4.66. The van der Waals surface area contributed by atoms with Gasteiger partial charge in [0.15, 0.2) is 0 Å². The number of carbonyl (C=O) groups excluding carboxylic acids is 1. The number of nitrogens with one attached hydrogen (secondary N) is 1. The first kappa shape index (κ1) is 16.0. The molecule has 2 rings (SSSR count). The number of hydrogen-bond acceptors (Lipinski definition) is 3. The van der Waals surface area contributed by atoms with Gasteiger partial charge in [-0.1, -0.05) is 6.92 Å². The number of halogens is 2. The van der Waals surface area contributed by atoms with Gasteiger partial charge < -0.3 is 10.2 Å². The van der Waals surface area contributed by atoms with E-state index >= 15 is 0 Å². The molecule has 1 aromatic heterocycles. The molecule has 0 radical (unpaired) electrons. The number of carbonyl (C=O) groups is 1. The molecule has 0 bridgehead atoms. The van der Waals surface area contributed by atoms with E-state index in [1.807, 2.05) is 16.3 Å². The van der Waals surface area contributed by atoms with E-state index in [2.05, 4.69) is 28.2 Å². The fraction of sp³-hybridized carbons (Fsp3) is 0.583. The molecule has 0 aliphatic carbocycles. The van der Waals surface area contributed by atoms with Crippen molar-refractivity contribution in [2.45, 2.75) is 25.8 Å². The average Bonchev–Trinajstić information content (AvgIpc) is 2.95. The van der Waals surface area contributed by atoms with Gasteiger partial charge >= 0.3 is 0 Å². The fourth-order valence-corrected chi connectivity index (χ4v) is 3.54. The van der Waals surface area contributed by atoms with Crippen LogP contribution in [0.3, 0.4) is 0 Å². The van der Waals surface area contributed by atoms with Crippen LogP contribution in [0.25, 0.3) is 0 Å². The number of amides is 1. The summed E-state index contributed by atoms with van der Waals surface area (Å²) in [6.45, 7) is 4.91. The van der Waals surface area contributed by atoms with Crippen LogP contribution in [0, 0.1) is 0 Å². The molecular formula is C12H18BrClN2OS. The van der Waals surface area contributed by atoms with Gasteiger partial charge in [0.2, 0.25) is 0 Å². The van der Waals surface area contributed by atoms with E-state index in [4.69, 9.17) is 0 Å². The van der Waals surface area contributed by atoms with Gasteiger partial charge in [-0.05, 0) is 41.4 Å². The van der Waals surface area contributed by atoms with Crippen LogP contribution < -0.4 is 5.32 Å². The summed E-state index contributed by atoms with van der Waals surface area (Å²) < 4.78 is 0.992. The molecule has 1 saturated heterocycles. The van der Waals surface area contributed by atoms with Crippen molar-refractivity contribution in [1.29, 1.82) is 0 Å². The maximum atomic E-state index is 12.4. The maximum absolute atomic E-state index is 12.4. The largest absolute Gasteiger partial charge is 0.334 e. The molecule has 0 aromatic carbocycles. The Hall–Kier alpha value is -0.100. The molecule has 1 N–H and O–H groups in total. The zero-order valence-corrected chi connectivity index (χ0v) is 13.5. The highest BCUT2D eigenvalue weighted by Crippen LogP contribution is 2.23. The standard InChI is InChI=1S/C12H17BrN2OS.ClH/c1-2-5-15(10-3-4-14-7-10)12(16)11-6-9(13)8-17-11;/h6,8,10,14H,2-5,7H2,1H3;1H. The van der Waals surface area contributed by atoms with Gasteiger partial charge in [0, 0.05) is 29.0 Å². The maximum Gasteiger partial charge on any atom is 0.264 e. The van der Waals surface area contributed by atoms with Gasteiger partial charge in [-0.2, -0.15) is 0 Å². The number of thiophene rings is 1. The number of hydrogen-bond donors (Lipinski definition) is 1. The van der Waals surface area contributed by atoms with Crippen LogP contribution in [0.1, 0.15) is 29.4 Å². The molecule has 18 heavy (non-hydrogen) atoms. The molecule has 1 atom stereocenters. The van der Waals surface area contributed by atoms with Crippen molar-refractivity contribution in [3.8, 4) is 0 Å². The van der Waals surface area contributed by atoms with Crippen LogP contribution in [-0.2, 0) is 0 Å². The minimum absolute atomic E-state index is 0. The summed E-state index contributed by atoms with van der Waals surface area (Å²) in [5.74, 6) is 0.177. The van der Waals surface area contributed by atoms with Gasteiger partial charge in [-0.15, -0.1) is 23.7 Å². The lowest BCUT2D eigenvalue weighted by Gasteiger charge is -2.27. The Morgan fingerprint density at radius 2 is 2.44 bits per heavy atom. The van der Waals surface area contributed by atoms with Crippen LogP contribution in [0.15, 0.2) is 15.9 Å². The minimum atomic E-state index is 0. The molecule has 6 heteroatoms. The topological polar surface area (TPSA) is 32.3 Å². The van der Waals surface area contributed by atoms with E-state index < -0.39 is 0 Å². The highest BCUT2D eigenvalue weighted by Gasteiger charge is 2.27. The van der Waals surface area contributed by atoms with Crippen molar-refractivity contribution in [1.82, 2.24) is 10.2 Å². The zero-order chi connectivity index (χ0) is 12.3. The molecule has 1 aromatic rings. The second-order valence-corrected chi connectivity index (χ2v) is 6.10. The van der Waals surface area contributed by atoms with E-state index in [0.717, 1.165) is 41.8 Å². The van der Waals surface area contributed by atoms with Gasteiger partial charge in [0.25, 0.3) is 5.91 Å². The average molecular weight is 354 g/mol. The summed E-state index contributed by atoms with van der Waals surface area (Å²) in [5, 5.41) is 5.29. The van der Waals surface area contributed by atoms with Crippen molar-refractivity contribution >= 4 is 45.6 Å². The summed E-state index contributed by atoms with van der Waals surface area (Å²) in [6.07, 6.45) is 2.08. The summed E-state index contributed by atoms with van der Waals surface area (Å²) in [4.78, 5) is 15.3. The van der Waals surface area contributed by atoms with Crippen LogP contribution in [0.5, 0.6) is 0 Å². The molecule has 0 saturated carbocycles. The highest BCUT2D eigenvalue weighted by molar-refractivity contribution is 9.10. The molecule has 1 amide bonds. The lowest BCUT2D eigenvalue weighted by Crippen LogP contribution is -2.41. The molecule has 1 aliphatic rings. The second-order valence-electron chi connectivity index (χ2n) is 4.27. The zero-order valence-electron chi connectivity index (χ0n) is 10.3. The minimum Gasteiger partial charge on any atom is -0.334 e. The first-order valence-corrected chi connectivity index (χ1v) is 7.65. The summed E-state index contributed by atoms with van der Waals surface area (Å²) in [5.41, 5.74) is 0. The predicted octanol–water partition coefficient (Wildman–Crippen LogP) is 3.15. The normalized spacial score (nSPS) is 18.4. The van der Waals surface area contributed by atoms with Crippen molar-refractivity contribution in [2.75, 3.05) is 19.6 Å². The third kappa shape index (κ3) is 3.70. The number of rotatable bonds is 4. The van der Waals surface area contributed by atoms with Crippen LogP contribution in [-0.4, -0.2) is 36.5 Å². The Kier molecular flexibility index (Phi) is 6.63. The Bertz CT molecular complexity index is 393. The van der Waals surface area contributed by atoms with Gasteiger partial charge in [0.05, 0.1) is 4.88 Å². The van der Waals surface area contributed by atoms with E-state index in [0.29, 0.717) is 6.04 Å². The van der Waals surface area contributed by atoms with Crippen LogP contribution >= 0.6 is 39.7 Å². The third-order valence-electron chi connectivity index (χ3n) is 2.98. The molecule has 0 spiro atoms. The molecule has 102 valence electrons. The van der Waals surface area contributed by atoms with E-state index in [1.165, 1.54) is 11.3 Å². The molecule has 3 nitrogen and oxygen atoms in total. The summed E-state index contributed by atoms with van der Waals surface area (Å²) >= 11 is 4.91. The van der Waals surface area contributed by atoms with Crippen molar-refractivity contribution in [3.63, 3.8) is 0 Å². The van der Waals surface area contributed by atoms with E-state index in [1.54, 1.807) is 0 Å². The first-order valence-electron chi connectivity index (χ1n) is 5.98. The quantitative estimate of drug-likeness (QED) is 0.902. The van der Waals surface area contributed by atoms with Crippen molar-refractivity contribution in [3.05, 3.63) is 20.8 Å². The molecule has 1 unspecified atom stereocenters. The molecular weight excluding hydrogens is 336 g/mol. The van der Waals surface area contributed by atoms with Crippen molar-refractivity contribution < 1.29 is 4.79 Å². The number of nitrogens with zero attached hydrogens (tertiary/aromatic N) is 1. The lowest BCUT2D eigenvalue weighted by molar-refractivity contribution is 0.0697. The van der Waals surface area contributed by atoms with Crippen LogP contribution in [0.4, 0.5) is 0 Å². The molecule has 2 heterocycles. The Morgan fingerprint density at radius 1 is 1.67 bits per heavy atom. The van der Waals surface area contributed by atoms with Crippen LogP contribution in [0.2, 0.25) is 0 Å². The molecule has 1 fully saturated rings. The monoisotopic (exact) mass is 352 g/mol. The van der Waals surface area contributed by atoms with Gasteiger partial charge in [-0.25, -0.2) is 0 Å². The van der Waals surface area contributed by atoms with E-state index in [-0.39, 0.29) is 18.3 Å². The first-order chi connectivity index (χ1) is 8.22. The second kappa shape index (κ2) is 7.48. The van der Waals surface area contributed by atoms with Crippen molar-refractivity contribution in [2.24, 2.45) is 0 Å². The fourth-order valence-electron chi connectivity index (χ4n) is 2.16. The summed E-state index contributed by atoms with van der Waals surface area (Å²) in [7, 11) is 0. The predicted molar refractivity (Wildman–Crippen MR) is 81.9 cm³/mol. The lowest BCUT2D eigenvalue weighted by atomic mass is 10.2. The smallest absolute Gasteiger partial charge is 0.264 e. The highest BCUT2D eigenvalue weighted by atomic mass is 79.9. The SMILES string of the molecule is CCCN(C(=O)c1cc(Br)cs1)C1CCNC1.Cl. The Morgan fingerprint density at radius 3 is 2.94 bits per heavy atom. The van der Waals surface area contributed by atoms with Gasteiger partial charge in [0.1, 0.15) is 0 Å². The van der Waals surface area contributed by atoms with E-state index in [9.17, 15) is 4.79 Å². The Labute approximate surface area is 126 Å². The Balaban J connectivity index is 0.00000162.